The molecule has 0 amide bonds. The van der Waals surface area contributed by atoms with E-state index in [1.807, 2.05) is 43.5 Å². The van der Waals surface area contributed by atoms with Crippen LogP contribution in [0.3, 0.4) is 0 Å². The van der Waals surface area contributed by atoms with Crippen LogP contribution in [0.5, 0.6) is 0 Å². The molecule has 2 rings (SSSR count). The normalized spacial score (nSPS) is 13.0. The fraction of sp³-hybridized carbons (Fsp3) is 0.476. The number of hydrogen-bond acceptors (Lipinski definition) is 6. The zero-order chi connectivity index (χ0) is 20.6. The standard InChI is InChI=1S/C21H28N2O4S/c1-4-6-12-21(13-11-18(24)25,19(26)27-5-2)17-14-28-20(23-17)22-16-9-7-15(3)8-10-16/h7-10,14H,4-6,11-13H2,1-3H3,(H,22,23)(H,24,25). The maximum atomic E-state index is 12.9. The maximum Gasteiger partial charge on any atom is 0.318 e. The van der Waals surface area contributed by atoms with Crippen LogP contribution in [0.25, 0.3) is 0 Å². The number of anilines is 2. The van der Waals surface area contributed by atoms with Crippen LogP contribution in [-0.4, -0.2) is 28.6 Å². The number of carbonyl (C=O) groups is 2. The number of unbranched alkanes of at least 4 members (excludes halogenated alkanes) is 1. The number of rotatable bonds is 11. The number of nitrogens with zero attached hydrogens (tertiary/aromatic N) is 1. The van der Waals surface area contributed by atoms with Crippen LogP contribution in [0.1, 0.15) is 57.2 Å². The summed E-state index contributed by atoms with van der Waals surface area (Å²) in [7, 11) is 0. The van der Waals surface area contributed by atoms with Crippen molar-refractivity contribution in [2.75, 3.05) is 11.9 Å². The Kier molecular flexibility index (Phi) is 7.99. The molecule has 0 radical (unpaired) electrons. The summed E-state index contributed by atoms with van der Waals surface area (Å²) in [6, 6.07) is 7.95. The van der Waals surface area contributed by atoms with Crippen molar-refractivity contribution in [3.8, 4) is 0 Å². The Labute approximate surface area is 170 Å². The second-order valence-electron chi connectivity index (χ2n) is 6.83. The van der Waals surface area contributed by atoms with Crippen molar-refractivity contribution in [3.05, 3.63) is 40.9 Å². The van der Waals surface area contributed by atoms with Crippen molar-refractivity contribution in [1.29, 1.82) is 0 Å². The molecule has 1 heterocycles. The van der Waals surface area contributed by atoms with Gasteiger partial charge < -0.3 is 15.2 Å². The molecule has 1 aromatic carbocycles. The minimum atomic E-state index is -1.03. The topological polar surface area (TPSA) is 88.5 Å². The zero-order valence-corrected chi connectivity index (χ0v) is 17.5. The second kappa shape index (κ2) is 10.2. The van der Waals surface area contributed by atoms with E-state index in [9.17, 15) is 14.7 Å². The predicted octanol–water partition coefficient (Wildman–Crippen LogP) is 5.05. The van der Waals surface area contributed by atoms with E-state index in [-0.39, 0.29) is 19.4 Å². The molecule has 7 heteroatoms. The molecule has 0 aliphatic rings. The second-order valence-corrected chi connectivity index (χ2v) is 7.69. The summed E-state index contributed by atoms with van der Waals surface area (Å²) in [6.45, 7) is 6.07. The molecule has 0 aliphatic heterocycles. The number of benzene rings is 1. The third-order valence-electron chi connectivity index (χ3n) is 4.69. The number of nitrogens with one attached hydrogen (secondary N) is 1. The Hall–Kier alpha value is -2.41. The van der Waals surface area contributed by atoms with Crippen molar-refractivity contribution in [3.63, 3.8) is 0 Å². The van der Waals surface area contributed by atoms with Crippen molar-refractivity contribution in [1.82, 2.24) is 4.98 Å². The smallest absolute Gasteiger partial charge is 0.318 e. The molecule has 0 aliphatic carbocycles. The lowest BCUT2D eigenvalue weighted by Crippen LogP contribution is -2.38. The molecular formula is C21H28N2O4S. The first kappa shape index (κ1) is 21.9. The van der Waals surface area contributed by atoms with Crippen LogP contribution < -0.4 is 5.32 Å². The van der Waals surface area contributed by atoms with Crippen LogP contribution >= 0.6 is 11.3 Å². The Morgan fingerprint density at radius 2 is 1.93 bits per heavy atom. The highest BCUT2D eigenvalue weighted by Crippen LogP contribution is 2.38. The van der Waals surface area contributed by atoms with E-state index in [0.29, 0.717) is 17.2 Å². The van der Waals surface area contributed by atoms with Gasteiger partial charge in [-0.25, -0.2) is 4.98 Å². The number of carbonyl (C=O) groups excluding carboxylic acids is 1. The monoisotopic (exact) mass is 404 g/mol. The van der Waals surface area contributed by atoms with Gasteiger partial charge in [0.25, 0.3) is 0 Å². The molecule has 0 bridgehead atoms. The molecule has 2 aromatic rings. The van der Waals surface area contributed by atoms with E-state index in [1.165, 1.54) is 16.9 Å². The van der Waals surface area contributed by atoms with Gasteiger partial charge in [0.05, 0.1) is 12.3 Å². The number of ether oxygens (including phenoxy) is 1. The summed E-state index contributed by atoms with van der Waals surface area (Å²) >= 11 is 1.40. The quantitative estimate of drug-likeness (QED) is 0.510. The van der Waals surface area contributed by atoms with Crippen molar-refractivity contribution < 1.29 is 19.4 Å². The SMILES string of the molecule is CCCCC(CCC(=O)O)(C(=O)OCC)c1csc(Nc2ccc(C)cc2)n1. The summed E-state index contributed by atoms with van der Waals surface area (Å²) < 4.78 is 5.34. The number of aliphatic carboxylic acids is 1. The molecule has 0 spiro atoms. The average molecular weight is 405 g/mol. The molecule has 2 N–H and O–H groups in total. The van der Waals surface area contributed by atoms with E-state index in [0.717, 1.165) is 18.5 Å². The number of esters is 1. The number of aryl methyl sites for hydroxylation is 1. The summed E-state index contributed by atoms with van der Waals surface area (Å²) in [5.41, 5.74) is 1.63. The fourth-order valence-corrected chi connectivity index (χ4v) is 3.90. The Morgan fingerprint density at radius 1 is 1.21 bits per heavy atom. The highest BCUT2D eigenvalue weighted by atomic mass is 32.1. The lowest BCUT2D eigenvalue weighted by molar-refractivity contribution is -0.151. The first-order chi connectivity index (χ1) is 13.4. The minimum Gasteiger partial charge on any atom is -0.481 e. The average Bonchev–Trinajstić information content (AvgIpc) is 3.13. The van der Waals surface area contributed by atoms with E-state index in [1.54, 1.807) is 6.92 Å². The van der Waals surface area contributed by atoms with Crippen molar-refractivity contribution in [2.45, 2.75) is 58.3 Å². The molecule has 0 saturated heterocycles. The first-order valence-electron chi connectivity index (χ1n) is 9.60. The third kappa shape index (κ3) is 5.55. The van der Waals surface area contributed by atoms with Gasteiger partial charge in [-0.2, -0.15) is 0 Å². The van der Waals surface area contributed by atoms with E-state index in [2.05, 4.69) is 10.3 Å². The molecule has 28 heavy (non-hydrogen) atoms. The lowest BCUT2D eigenvalue weighted by atomic mass is 9.76. The maximum absolute atomic E-state index is 12.9. The zero-order valence-electron chi connectivity index (χ0n) is 16.7. The largest absolute Gasteiger partial charge is 0.481 e. The van der Waals surface area contributed by atoms with Crippen molar-refractivity contribution >= 4 is 34.1 Å². The first-order valence-corrected chi connectivity index (χ1v) is 10.5. The number of thiazole rings is 1. The highest BCUT2D eigenvalue weighted by Gasteiger charge is 2.43. The van der Waals surface area contributed by atoms with Gasteiger partial charge in [0.15, 0.2) is 5.13 Å². The van der Waals surface area contributed by atoms with Gasteiger partial charge in [0, 0.05) is 17.5 Å². The van der Waals surface area contributed by atoms with Gasteiger partial charge in [-0.15, -0.1) is 11.3 Å². The highest BCUT2D eigenvalue weighted by molar-refractivity contribution is 7.13. The third-order valence-corrected chi connectivity index (χ3v) is 5.44. The summed E-state index contributed by atoms with van der Waals surface area (Å²) in [4.78, 5) is 28.8. The van der Waals surface area contributed by atoms with E-state index in [4.69, 9.17) is 4.74 Å². The van der Waals surface area contributed by atoms with Crippen LogP contribution in [0.4, 0.5) is 10.8 Å². The molecular weight excluding hydrogens is 376 g/mol. The fourth-order valence-electron chi connectivity index (χ4n) is 3.07. The van der Waals surface area contributed by atoms with Crippen LogP contribution in [-0.2, 0) is 19.7 Å². The van der Waals surface area contributed by atoms with E-state index < -0.39 is 17.4 Å². The Balaban J connectivity index is 2.34. The minimum absolute atomic E-state index is 0.110. The van der Waals surface area contributed by atoms with E-state index >= 15 is 0 Å². The Bertz CT molecular complexity index is 788. The summed E-state index contributed by atoms with van der Waals surface area (Å²) in [5, 5.41) is 15.0. The van der Waals surface area contributed by atoms with Crippen LogP contribution in [0, 0.1) is 6.92 Å². The van der Waals surface area contributed by atoms with Gasteiger partial charge in [-0.05, 0) is 38.8 Å². The molecule has 1 aromatic heterocycles. The van der Waals surface area contributed by atoms with Gasteiger partial charge in [0.2, 0.25) is 0 Å². The summed E-state index contributed by atoms with van der Waals surface area (Å²) in [5.74, 6) is -1.32. The summed E-state index contributed by atoms with van der Waals surface area (Å²) in [6.07, 6.45) is 2.27. The molecule has 0 fully saturated rings. The van der Waals surface area contributed by atoms with Gasteiger partial charge in [0.1, 0.15) is 5.41 Å². The molecule has 1 unspecified atom stereocenters. The molecule has 1 atom stereocenters. The molecule has 0 saturated carbocycles. The number of carboxylic acid groups (broad SMARTS) is 1. The number of aromatic nitrogens is 1. The van der Waals surface area contributed by atoms with Gasteiger partial charge >= 0.3 is 11.9 Å². The van der Waals surface area contributed by atoms with Gasteiger partial charge in [-0.3, -0.25) is 9.59 Å². The Morgan fingerprint density at radius 3 is 2.54 bits per heavy atom. The lowest BCUT2D eigenvalue weighted by Gasteiger charge is -2.29. The number of hydrogen-bond donors (Lipinski definition) is 2. The van der Waals surface area contributed by atoms with Crippen LogP contribution in [0.15, 0.2) is 29.6 Å². The number of carboxylic acids is 1. The van der Waals surface area contributed by atoms with Gasteiger partial charge in [-0.1, -0.05) is 37.5 Å². The van der Waals surface area contributed by atoms with Crippen molar-refractivity contribution in [2.24, 2.45) is 0 Å². The van der Waals surface area contributed by atoms with Crippen LogP contribution in [0.2, 0.25) is 0 Å². The molecule has 152 valence electrons. The molecule has 6 nitrogen and oxygen atoms in total. The predicted molar refractivity (Wildman–Crippen MR) is 111 cm³/mol.